The van der Waals surface area contributed by atoms with Gasteiger partial charge in [0.1, 0.15) is 6.10 Å². The van der Waals surface area contributed by atoms with Gasteiger partial charge < -0.3 is 19.5 Å². The molecule has 3 atom stereocenters. The van der Waals surface area contributed by atoms with Crippen LogP contribution in [0.25, 0.3) is 0 Å². The monoisotopic (exact) mass is 311 g/mol. The third kappa shape index (κ3) is 4.28. The topological polar surface area (TPSA) is 74.6 Å². The molecule has 1 N–H and O–H groups in total. The molecule has 0 unspecified atom stereocenters. The summed E-state index contributed by atoms with van der Waals surface area (Å²) in [5, 5.41) is 7.11. The van der Waals surface area contributed by atoms with E-state index in [1.807, 2.05) is 17.7 Å². The number of rotatable bonds is 7. The number of aromatic nitrogens is 2. The third-order valence-electron chi connectivity index (χ3n) is 4.06. The molecule has 124 valence electrons. The van der Waals surface area contributed by atoms with Crippen LogP contribution in [0.5, 0.6) is 0 Å². The summed E-state index contributed by atoms with van der Waals surface area (Å²) in [5.41, 5.74) is 1.05. The van der Waals surface area contributed by atoms with Crippen LogP contribution < -0.4 is 5.32 Å². The van der Waals surface area contributed by atoms with E-state index in [1.54, 1.807) is 20.4 Å². The van der Waals surface area contributed by atoms with Crippen molar-refractivity contribution in [3.05, 3.63) is 18.0 Å². The van der Waals surface area contributed by atoms with Gasteiger partial charge >= 0.3 is 0 Å². The standard InChI is InChI=1S/C15H25N3O4/c1-11-4-6-17-18(11)7-5-14(19)16-8-12-9-22-10-13(20-2)15(12)21-3/h4,6,12-13,15H,5,7-10H2,1-3H3,(H,16,19)/t12-,13-,15+/m1/s1. The number of methoxy groups -OCH3 is 2. The molecule has 0 aromatic carbocycles. The second-order valence-electron chi connectivity index (χ2n) is 5.52. The molecular formula is C15H25N3O4. The minimum Gasteiger partial charge on any atom is -0.378 e. The minimum atomic E-state index is -0.0904. The number of carbonyl (C=O) groups excluding carboxylic acids is 1. The van der Waals surface area contributed by atoms with Crippen LogP contribution in [0.3, 0.4) is 0 Å². The number of aryl methyl sites for hydroxylation is 2. The Hall–Kier alpha value is -1.44. The number of nitrogens with one attached hydrogen (secondary N) is 1. The van der Waals surface area contributed by atoms with Gasteiger partial charge in [0.15, 0.2) is 0 Å². The highest BCUT2D eigenvalue weighted by Gasteiger charge is 2.34. The predicted molar refractivity (Wildman–Crippen MR) is 80.5 cm³/mol. The summed E-state index contributed by atoms with van der Waals surface area (Å²) >= 11 is 0. The second kappa shape index (κ2) is 8.26. The van der Waals surface area contributed by atoms with Gasteiger partial charge in [0, 0.05) is 51.5 Å². The van der Waals surface area contributed by atoms with Crippen LogP contribution in [0, 0.1) is 12.8 Å². The molecule has 7 nitrogen and oxygen atoms in total. The van der Waals surface area contributed by atoms with Gasteiger partial charge in [0.2, 0.25) is 5.91 Å². The van der Waals surface area contributed by atoms with Gasteiger partial charge in [-0.05, 0) is 13.0 Å². The first-order valence-electron chi connectivity index (χ1n) is 7.54. The molecule has 2 rings (SSSR count). The third-order valence-corrected chi connectivity index (χ3v) is 4.06. The van der Waals surface area contributed by atoms with Gasteiger partial charge in [0.25, 0.3) is 0 Å². The molecule has 1 saturated heterocycles. The molecule has 1 aliphatic heterocycles. The molecule has 22 heavy (non-hydrogen) atoms. The molecule has 1 aliphatic rings. The van der Waals surface area contributed by atoms with E-state index in [9.17, 15) is 4.79 Å². The normalized spacial score (nSPS) is 25.1. The van der Waals surface area contributed by atoms with Crippen LogP contribution in [0.2, 0.25) is 0 Å². The Balaban J connectivity index is 1.76. The van der Waals surface area contributed by atoms with Gasteiger partial charge in [-0.25, -0.2) is 0 Å². The van der Waals surface area contributed by atoms with Crippen molar-refractivity contribution in [3.8, 4) is 0 Å². The number of amides is 1. The van der Waals surface area contributed by atoms with Crippen molar-refractivity contribution in [1.29, 1.82) is 0 Å². The lowest BCUT2D eigenvalue weighted by Crippen LogP contribution is -2.50. The zero-order valence-electron chi connectivity index (χ0n) is 13.4. The molecule has 0 spiro atoms. The highest BCUT2D eigenvalue weighted by Crippen LogP contribution is 2.19. The van der Waals surface area contributed by atoms with Crippen LogP contribution in [-0.2, 0) is 25.5 Å². The average molecular weight is 311 g/mol. The molecule has 1 aromatic rings. The smallest absolute Gasteiger partial charge is 0.221 e. The lowest BCUT2D eigenvalue weighted by atomic mass is 9.96. The molecular weight excluding hydrogens is 286 g/mol. The van der Waals surface area contributed by atoms with Crippen molar-refractivity contribution in [2.45, 2.75) is 32.1 Å². The Morgan fingerprint density at radius 2 is 2.27 bits per heavy atom. The summed E-state index contributed by atoms with van der Waals surface area (Å²) in [4.78, 5) is 12.0. The van der Waals surface area contributed by atoms with E-state index in [1.165, 1.54) is 0 Å². The Morgan fingerprint density at radius 3 is 2.91 bits per heavy atom. The van der Waals surface area contributed by atoms with E-state index in [4.69, 9.17) is 14.2 Å². The lowest BCUT2D eigenvalue weighted by Gasteiger charge is -2.36. The molecule has 0 saturated carbocycles. The van der Waals surface area contributed by atoms with Crippen LogP contribution in [-0.4, -0.2) is 61.9 Å². The molecule has 0 aliphatic carbocycles. The van der Waals surface area contributed by atoms with Crippen molar-refractivity contribution >= 4 is 5.91 Å². The molecule has 2 heterocycles. The second-order valence-corrected chi connectivity index (χ2v) is 5.52. The summed E-state index contributed by atoms with van der Waals surface area (Å²) in [6, 6.07) is 1.92. The van der Waals surface area contributed by atoms with Crippen LogP contribution in [0.1, 0.15) is 12.1 Å². The number of ether oxygens (including phenoxy) is 3. The number of carbonyl (C=O) groups is 1. The summed E-state index contributed by atoms with van der Waals surface area (Å²) in [6.45, 7) is 4.17. The van der Waals surface area contributed by atoms with Crippen molar-refractivity contribution in [1.82, 2.24) is 15.1 Å². The Labute approximate surface area is 130 Å². The largest absolute Gasteiger partial charge is 0.378 e. The van der Waals surface area contributed by atoms with E-state index < -0.39 is 0 Å². The summed E-state index contributed by atoms with van der Waals surface area (Å²) in [5.74, 6) is 0.100. The van der Waals surface area contributed by atoms with Crippen molar-refractivity contribution in [3.63, 3.8) is 0 Å². The van der Waals surface area contributed by atoms with Gasteiger partial charge in [-0.2, -0.15) is 5.10 Å². The van der Waals surface area contributed by atoms with E-state index >= 15 is 0 Å². The van der Waals surface area contributed by atoms with Gasteiger partial charge in [-0.1, -0.05) is 0 Å². The van der Waals surface area contributed by atoms with Crippen molar-refractivity contribution in [2.75, 3.05) is 34.0 Å². The first-order valence-corrected chi connectivity index (χ1v) is 7.54. The Bertz CT molecular complexity index is 477. The van der Waals surface area contributed by atoms with E-state index in [0.717, 1.165) is 5.69 Å². The molecule has 7 heteroatoms. The van der Waals surface area contributed by atoms with Gasteiger partial charge in [0.05, 0.1) is 19.3 Å². The van der Waals surface area contributed by atoms with Crippen LogP contribution in [0.15, 0.2) is 12.3 Å². The lowest BCUT2D eigenvalue weighted by molar-refractivity contribution is -0.147. The Kier molecular flexibility index (Phi) is 6.35. The van der Waals surface area contributed by atoms with Crippen LogP contribution >= 0.6 is 0 Å². The molecule has 0 bridgehead atoms. The number of nitrogens with zero attached hydrogens (tertiary/aromatic N) is 2. The zero-order chi connectivity index (χ0) is 15.9. The van der Waals surface area contributed by atoms with Crippen molar-refractivity contribution in [2.24, 2.45) is 5.92 Å². The van der Waals surface area contributed by atoms with Crippen LogP contribution in [0.4, 0.5) is 0 Å². The van der Waals surface area contributed by atoms with E-state index in [2.05, 4.69) is 10.4 Å². The summed E-state index contributed by atoms with van der Waals surface area (Å²) < 4.78 is 18.2. The molecule has 1 fully saturated rings. The fraction of sp³-hybridized carbons (Fsp3) is 0.733. The van der Waals surface area contributed by atoms with Gasteiger partial charge in [-0.3, -0.25) is 9.48 Å². The maximum atomic E-state index is 12.0. The number of hydrogen-bond donors (Lipinski definition) is 1. The average Bonchev–Trinajstić information content (AvgIpc) is 2.95. The first-order chi connectivity index (χ1) is 10.7. The quantitative estimate of drug-likeness (QED) is 0.788. The van der Waals surface area contributed by atoms with Gasteiger partial charge in [-0.15, -0.1) is 0 Å². The highest BCUT2D eigenvalue weighted by atomic mass is 16.6. The zero-order valence-corrected chi connectivity index (χ0v) is 13.4. The molecule has 1 aromatic heterocycles. The number of hydrogen-bond acceptors (Lipinski definition) is 5. The Morgan fingerprint density at radius 1 is 1.45 bits per heavy atom. The molecule has 0 radical (unpaired) electrons. The predicted octanol–water partition coefficient (Wildman–Crippen LogP) is 0.374. The first kappa shape index (κ1) is 16.9. The fourth-order valence-corrected chi connectivity index (χ4v) is 2.72. The summed E-state index contributed by atoms with van der Waals surface area (Å²) in [6.07, 6.45) is 1.99. The maximum Gasteiger partial charge on any atom is 0.221 e. The van der Waals surface area contributed by atoms with E-state index in [0.29, 0.717) is 32.7 Å². The van der Waals surface area contributed by atoms with Crippen molar-refractivity contribution < 1.29 is 19.0 Å². The maximum absolute atomic E-state index is 12.0. The SMILES string of the molecule is CO[C@H]1[C@H](CNC(=O)CCn2nccc2C)COC[C@H]1OC. The highest BCUT2D eigenvalue weighted by molar-refractivity contribution is 5.75. The minimum absolute atomic E-state index is 0.00398. The summed E-state index contributed by atoms with van der Waals surface area (Å²) in [7, 11) is 3.31. The van der Waals surface area contributed by atoms with E-state index in [-0.39, 0.29) is 24.0 Å². The molecule has 1 amide bonds. The fourth-order valence-electron chi connectivity index (χ4n) is 2.72.